The van der Waals surface area contributed by atoms with Gasteiger partial charge in [-0.25, -0.2) is 13.1 Å². The number of aliphatic hydroxyl groups is 1. The fraction of sp³-hybridized carbons (Fsp3) is 0.455. The number of aliphatic hydroxyl groups excluding tert-OH is 1. The third-order valence-corrected chi connectivity index (χ3v) is 4.71. The van der Waals surface area contributed by atoms with Crippen LogP contribution in [0.25, 0.3) is 0 Å². The molecule has 0 amide bonds. The minimum Gasteiger partial charge on any atom is -0.396 e. The summed E-state index contributed by atoms with van der Waals surface area (Å²) in [7, 11) is -3.79. The van der Waals surface area contributed by atoms with E-state index >= 15 is 0 Å². The Morgan fingerprint density at radius 1 is 1.28 bits per heavy atom. The molecule has 0 radical (unpaired) electrons. The third kappa shape index (κ3) is 3.83. The Bertz CT molecular complexity index is 509. The van der Waals surface area contributed by atoms with Crippen molar-refractivity contribution in [2.75, 3.05) is 13.2 Å². The van der Waals surface area contributed by atoms with E-state index < -0.39 is 15.4 Å². The maximum Gasteiger partial charge on any atom is 0.243 e. The Morgan fingerprint density at radius 3 is 2.22 bits per heavy atom. The molecule has 4 nitrogen and oxygen atoms in total. The summed E-state index contributed by atoms with van der Waals surface area (Å²) in [6, 6.07) is 4.49. The maximum absolute atomic E-state index is 12.1. The van der Waals surface area contributed by atoms with Gasteiger partial charge >= 0.3 is 0 Å². The summed E-state index contributed by atoms with van der Waals surface area (Å²) in [5, 5.41) is 9.22. The first-order valence-corrected chi connectivity index (χ1v) is 7.48. The van der Waals surface area contributed by atoms with E-state index in [-0.39, 0.29) is 28.1 Å². The largest absolute Gasteiger partial charge is 0.396 e. The summed E-state index contributed by atoms with van der Waals surface area (Å²) in [6.07, 6.45) is 0. The van der Waals surface area contributed by atoms with Crippen molar-refractivity contribution in [3.05, 3.63) is 28.2 Å². The molecule has 0 atom stereocenters. The number of benzene rings is 1. The van der Waals surface area contributed by atoms with E-state index in [0.717, 1.165) is 0 Å². The zero-order valence-electron chi connectivity index (χ0n) is 10.1. The number of nitrogens with one attached hydrogen (secondary N) is 1. The molecule has 0 aliphatic heterocycles. The summed E-state index contributed by atoms with van der Waals surface area (Å²) in [6.45, 7) is 3.44. The predicted molar refractivity (Wildman–Crippen MR) is 72.5 cm³/mol. The lowest BCUT2D eigenvalue weighted by molar-refractivity contribution is 0.163. The van der Waals surface area contributed by atoms with Crippen molar-refractivity contribution in [3.63, 3.8) is 0 Å². The second kappa shape index (κ2) is 5.75. The molecule has 0 unspecified atom stereocenters. The number of hydrogen-bond acceptors (Lipinski definition) is 3. The van der Waals surface area contributed by atoms with Crippen LogP contribution >= 0.6 is 23.2 Å². The van der Waals surface area contributed by atoms with E-state index in [1.54, 1.807) is 19.9 Å². The van der Waals surface area contributed by atoms with Gasteiger partial charge in [0.15, 0.2) is 0 Å². The van der Waals surface area contributed by atoms with E-state index in [4.69, 9.17) is 28.3 Å². The van der Waals surface area contributed by atoms with Crippen molar-refractivity contribution in [1.29, 1.82) is 0 Å². The highest BCUT2D eigenvalue weighted by Crippen LogP contribution is 2.29. The van der Waals surface area contributed by atoms with E-state index in [2.05, 4.69) is 4.72 Å². The third-order valence-electron chi connectivity index (χ3n) is 2.36. The van der Waals surface area contributed by atoms with Crippen LogP contribution in [-0.2, 0) is 10.0 Å². The fourth-order valence-corrected chi connectivity index (χ4v) is 3.54. The van der Waals surface area contributed by atoms with E-state index in [0.29, 0.717) is 0 Å². The first-order valence-electron chi connectivity index (χ1n) is 5.24. The van der Waals surface area contributed by atoms with E-state index in [9.17, 15) is 8.42 Å². The van der Waals surface area contributed by atoms with Crippen LogP contribution in [0.15, 0.2) is 23.1 Å². The molecule has 2 N–H and O–H groups in total. The molecule has 0 aromatic heterocycles. The molecule has 1 rings (SSSR count). The number of hydrogen-bond donors (Lipinski definition) is 2. The second-order valence-electron chi connectivity index (χ2n) is 4.70. The van der Waals surface area contributed by atoms with Crippen LogP contribution in [0.3, 0.4) is 0 Å². The topological polar surface area (TPSA) is 66.4 Å². The van der Waals surface area contributed by atoms with Gasteiger partial charge in [-0.2, -0.15) is 0 Å². The average molecular weight is 312 g/mol. The Kier molecular flexibility index (Phi) is 5.03. The first-order chi connectivity index (χ1) is 8.19. The minimum atomic E-state index is -3.79. The van der Waals surface area contributed by atoms with Crippen LogP contribution in [0.1, 0.15) is 13.8 Å². The fourth-order valence-electron chi connectivity index (χ4n) is 1.16. The van der Waals surface area contributed by atoms with E-state index in [1.165, 1.54) is 12.1 Å². The average Bonchev–Trinajstić information content (AvgIpc) is 2.26. The van der Waals surface area contributed by atoms with Gasteiger partial charge in [0.25, 0.3) is 0 Å². The highest BCUT2D eigenvalue weighted by atomic mass is 35.5. The van der Waals surface area contributed by atoms with Crippen molar-refractivity contribution >= 4 is 33.2 Å². The van der Waals surface area contributed by atoms with Crippen molar-refractivity contribution < 1.29 is 13.5 Å². The molecule has 0 fully saturated rings. The Hall–Kier alpha value is -0.330. The van der Waals surface area contributed by atoms with Crippen LogP contribution in [-0.4, -0.2) is 26.7 Å². The van der Waals surface area contributed by atoms with Gasteiger partial charge in [0.1, 0.15) is 4.90 Å². The zero-order valence-corrected chi connectivity index (χ0v) is 12.4. The quantitative estimate of drug-likeness (QED) is 0.876. The highest BCUT2D eigenvalue weighted by Gasteiger charge is 2.25. The summed E-state index contributed by atoms with van der Waals surface area (Å²) in [5.41, 5.74) is -0.555. The van der Waals surface area contributed by atoms with Gasteiger partial charge in [-0.3, -0.25) is 0 Å². The molecule has 1 aromatic carbocycles. The van der Waals surface area contributed by atoms with Gasteiger partial charge < -0.3 is 5.11 Å². The van der Waals surface area contributed by atoms with Crippen molar-refractivity contribution in [1.82, 2.24) is 4.72 Å². The van der Waals surface area contributed by atoms with Crippen LogP contribution < -0.4 is 4.72 Å². The lowest BCUT2D eigenvalue weighted by Gasteiger charge is -2.22. The summed E-state index contributed by atoms with van der Waals surface area (Å²) in [4.78, 5) is -0.137. The molecule has 0 bridgehead atoms. The van der Waals surface area contributed by atoms with Gasteiger partial charge in [-0.05, 0) is 12.1 Å². The Balaban J connectivity index is 3.01. The van der Waals surface area contributed by atoms with Crippen LogP contribution in [0.2, 0.25) is 10.0 Å². The second-order valence-corrected chi connectivity index (χ2v) is 7.22. The molecule has 0 heterocycles. The molecular weight excluding hydrogens is 297 g/mol. The van der Waals surface area contributed by atoms with Gasteiger partial charge in [0, 0.05) is 18.6 Å². The van der Waals surface area contributed by atoms with Crippen molar-refractivity contribution in [3.8, 4) is 0 Å². The molecular formula is C11H15Cl2NO3S. The summed E-state index contributed by atoms with van der Waals surface area (Å²) in [5.74, 6) is 0. The SMILES string of the molecule is CC(C)(CO)CNS(=O)(=O)c1c(Cl)cccc1Cl. The van der Waals surface area contributed by atoms with Gasteiger partial charge in [-0.1, -0.05) is 43.1 Å². The summed E-state index contributed by atoms with van der Waals surface area (Å²) >= 11 is 11.7. The van der Waals surface area contributed by atoms with Crippen LogP contribution in [0.5, 0.6) is 0 Å². The molecule has 0 aliphatic rings. The van der Waals surface area contributed by atoms with Crippen molar-refractivity contribution in [2.24, 2.45) is 5.41 Å². The molecule has 0 saturated heterocycles. The Labute approximate surface area is 117 Å². The molecule has 7 heteroatoms. The minimum absolute atomic E-state index is 0.0665. The number of sulfonamides is 1. The molecule has 0 aliphatic carbocycles. The molecule has 0 spiro atoms. The lowest BCUT2D eigenvalue weighted by Crippen LogP contribution is -2.36. The molecule has 18 heavy (non-hydrogen) atoms. The van der Waals surface area contributed by atoms with E-state index in [1.807, 2.05) is 0 Å². The maximum atomic E-state index is 12.1. The first kappa shape index (κ1) is 15.7. The summed E-state index contributed by atoms with van der Waals surface area (Å²) < 4.78 is 26.5. The van der Waals surface area contributed by atoms with Crippen LogP contribution in [0.4, 0.5) is 0 Å². The molecule has 1 aromatic rings. The Morgan fingerprint density at radius 2 is 1.78 bits per heavy atom. The zero-order chi connectivity index (χ0) is 14.0. The van der Waals surface area contributed by atoms with Gasteiger partial charge in [-0.15, -0.1) is 0 Å². The smallest absolute Gasteiger partial charge is 0.243 e. The molecule has 0 saturated carbocycles. The number of rotatable bonds is 5. The lowest BCUT2D eigenvalue weighted by atomic mass is 9.96. The number of halogens is 2. The van der Waals surface area contributed by atoms with Gasteiger partial charge in [0.2, 0.25) is 10.0 Å². The standard InChI is InChI=1S/C11H15Cl2NO3S/c1-11(2,7-15)6-14-18(16,17)10-8(12)4-3-5-9(10)13/h3-5,14-15H,6-7H2,1-2H3. The van der Waals surface area contributed by atoms with Gasteiger partial charge in [0.05, 0.1) is 10.0 Å². The molecule has 102 valence electrons. The predicted octanol–water partition coefficient (Wildman–Crippen LogP) is 2.29. The highest BCUT2D eigenvalue weighted by molar-refractivity contribution is 7.89. The van der Waals surface area contributed by atoms with Crippen molar-refractivity contribution in [2.45, 2.75) is 18.7 Å². The normalized spacial score (nSPS) is 12.7. The monoisotopic (exact) mass is 311 g/mol. The van der Waals surface area contributed by atoms with Crippen LogP contribution in [0, 0.1) is 5.41 Å².